The van der Waals surface area contributed by atoms with E-state index < -0.39 is 46.3 Å². The van der Waals surface area contributed by atoms with Crippen molar-refractivity contribution in [2.75, 3.05) is 25.0 Å². The van der Waals surface area contributed by atoms with Crippen LogP contribution >= 0.6 is 10.8 Å². The number of carboxylic acids is 1. The minimum atomic E-state index is -3.66. The molecule has 5 N–H and O–H groups in total. The highest BCUT2D eigenvalue weighted by atomic mass is 32.3. The van der Waals surface area contributed by atoms with Crippen molar-refractivity contribution in [1.82, 2.24) is 14.2 Å². The van der Waals surface area contributed by atoms with Gasteiger partial charge < -0.3 is 24.6 Å². The van der Waals surface area contributed by atoms with Crippen LogP contribution < -0.4 is 14.8 Å². The number of ether oxygens (including phenoxy) is 1. The van der Waals surface area contributed by atoms with Gasteiger partial charge in [0.25, 0.3) is 5.91 Å². The molecule has 1 saturated heterocycles. The molecular formula is C20H23FN4O7S. The zero-order valence-electron chi connectivity index (χ0n) is 17.7. The van der Waals surface area contributed by atoms with E-state index in [9.17, 15) is 27.9 Å². The van der Waals surface area contributed by atoms with Crippen LogP contribution in [0, 0.1) is 18.7 Å². The molecule has 0 spiro atoms. The number of aliphatic carboxylic acids is 1. The summed E-state index contributed by atoms with van der Waals surface area (Å²) in [7, 11) is -2.11. The van der Waals surface area contributed by atoms with Gasteiger partial charge in [-0.05, 0) is 30.7 Å². The van der Waals surface area contributed by atoms with Crippen molar-refractivity contribution in [2.24, 2.45) is 13.0 Å². The Hall–Kier alpha value is -3.13. The Morgan fingerprint density at radius 1 is 1.27 bits per heavy atom. The molecule has 2 amide bonds. The number of halogens is 1. The number of anilines is 1. The van der Waals surface area contributed by atoms with Gasteiger partial charge in [0.05, 0.1) is 12.6 Å². The van der Waals surface area contributed by atoms with E-state index in [1.54, 1.807) is 14.0 Å². The minimum Gasteiger partial charge on any atom is -0.489 e. The van der Waals surface area contributed by atoms with Gasteiger partial charge in [0.1, 0.15) is 10.7 Å². The normalized spacial score (nSPS) is 22.3. The smallest absolute Gasteiger partial charge is 0.394 e. The van der Waals surface area contributed by atoms with E-state index in [2.05, 4.69) is 10.0 Å². The van der Waals surface area contributed by atoms with E-state index in [1.165, 1.54) is 29.0 Å². The lowest BCUT2D eigenvalue weighted by atomic mass is 10.1. The fourth-order valence-corrected chi connectivity index (χ4v) is 5.57. The van der Waals surface area contributed by atoms with Crippen LogP contribution in [0.4, 0.5) is 10.1 Å². The van der Waals surface area contributed by atoms with Gasteiger partial charge in [0.2, 0.25) is 0 Å². The molecule has 0 aliphatic carbocycles. The molecule has 2 atom stereocenters. The standard InChI is InChI=1S/C20H23FN4O7S/c1-10-5-12(3-4-13(10)21)22-18(26)16-17-15(8-24(16)2)33(30,31)23-14-7-25(19(27)20(28)29)6-11(14)9-32-17/h3-5,8,11,14,23,30-31H,6-7,9H2,1-2H3,(H,22,26)(H,28,29)/t11-,14-/m0/s1. The highest BCUT2D eigenvalue weighted by molar-refractivity contribution is 8.22. The molecule has 1 fully saturated rings. The Labute approximate surface area is 189 Å². The Kier molecular flexibility index (Phi) is 5.82. The summed E-state index contributed by atoms with van der Waals surface area (Å²) in [5.41, 5.74) is 0.712. The first-order chi connectivity index (χ1) is 15.5. The highest BCUT2D eigenvalue weighted by Gasteiger charge is 2.43. The Balaban J connectivity index is 1.62. The molecule has 0 unspecified atom stereocenters. The predicted octanol–water partition coefficient (Wildman–Crippen LogP) is 1.64. The molecule has 2 aromatic rings. The average molecular weight is 482 g/mol. The maximum Gasteiger partial charge on any atom is 0.394 e. The summed E-state index contributed by atoms with van der Waals surface area (Å²) in [4.78, 5) is 37.0. The summed E-state index contributed by atoms with van der Waals surface area (Å²) < 4.78 is 45.2. The van der Waals surface area contributed by atoms with E-state index in [-0.39, 0.29) is 36.0 Å². The van der Waals surface area contributed by atoms with Crippen molar-refractivity contribution in [3.63, 3.8) is 0 Å². The third-order valence-corrected chi connectivity index (χ3v) is 7.24. The number of aromatic nitrogens is 1. The molecular weight excluding hydrogens is 459 g/mol. The predicted molar refractivity (Wildman–Crippen MR) is 116 cm³/mol. The number of nitrogens with zero attached hydrogens (tertiary/aromatic N) is 2. The van der Waals surface area contributed by atoms with Gasteiger partial charge in [-0.25, -0.2) is 13.9 Å². The zero-order valence-corrected chi connectivity index (χ0v) is 18.6. The van der Waals surface area contributed by atoms with Gasteiger partial charge >= 0.3 is 11.9 Å². The van der Waals surface area contributed by atoms with Crippen LogP contribution in [0.25, 0.3) is 0 Å². The van der Waals surface area contributed by atoms with Crippen LogP contribution in [0.5, 0.6) is 5.75 Å². The zero-order chi connectivity index (χ0) is 24.1. The Bertz CT molecular complexity index is 1150. The SMILES string of the molecule is Cc1cc(NC(=O)c2c3c(cn2C)S(O)(O)N[C@H]2CN(C(=O)C(=O)O)C[C@H]2CO3)ccc1F. The van der Waals surface area contributed by atoms with Crippen molar-refractivity contribution in [2.45, 2.75) is 17.9 Å². The summed E-state index contributed by atoms with van der Waals surface area (Å²) >= 11 is 0. The molecule has 0 saturated carbocycles. The number of benzene rings is 1. The quantitative estimate of drug-likeness (QED) is 0.405. The molecule has 11 nitrogen and oxygen atoms in total. The number of rotatable bonds is 2. The molecule has 2 aliphatic rings. The molecule has 13 heteroatoms. The van der Waals surface area contributed by atoms with Gasteiger partial charge in [0.15, 0.2) is 11.4 Å². The first-order valence-corrected chi connectivity index (χ1v) is 11.5. The number of carbonyl (C=O) groups excluding carboxylic acids is 2. The Morgan fingerprint density at radius 2 is 2.00 bits per heavy atom. The van der Waals surface area contributed by atoms with E-state index in [1.807, 2.05) is 0 Å². The number of hydrogen-bond acceptors (Lipinski definition) is 7. The van der Waals surface area contributed by atoms with Crippen LogP contribution in [0.3, 0.4) is 0 Å². The largest absolute Gasteiger partial charge is 0.489 e. The van der Waals surface area contributed by atoms with E-state index in [0.717, 1.165) is 4.90 Å². The van der Waals surface area contributed by atoms with Crippen LogP contribution in [0.2, 0.25) is 0 Å². The summed E-state index contributed by atoms with van der Waals surface area (Å²) in [5, 5.41) is 11.6. The summed E-state index contributed by atoms with van der Waals surface area (Å²) in [6.45, 7) is 1.57. The molecule has 0 radical (unpaired) electrons. The topological polar surface area (TPSA) is 153 Å². The van der Waals surface area contributed by atoms with E-state index >= 15 is 0 Å². The first-order valence-electron chi connectivity index (χ1n) is 9.95. The number of nitrogens with one attached hydrogen (secondary N) is 2. The number of likely N-dealkylation sites (tertiary alicyclic amines) is 1. The molecule has 3 heterocycles. The van der Waals surface area contributed by atoms with Crippen molar-refractivity contribution in [3.05, 3.63) is 41.5 Å². The lowest BCUT2D eigenvalue weighted by Gasteiger charge is -2.38. The molecule has 33 heavy (non-hydrogen) atoms. The minimum absolute atomic E-state index is 0.00351. The van der Waals surface area contributed by atoms with Crippen LogP contribution in [0.1, 0.15) is 16.1 Å². The third kappa shape index (κ3) is 4.27. The van der Waals surface area contributed by atoms with E-state index in [4.69, 9.17) is 9.84 Å². The van der Waals surface area contributed by atoms with E-state index in [0.29, 0.717) is 11.3 Å². The number of hydrogen-bond donors (Lipinski definition) is 5. The second-order valence-electron chi connectivity index (χ2n) is 8.06. The molecule has 0 bridgehead atoms. The Morgan fingerprint density at radius 3 is 2.67 bits per heavy atom. The lowest BCUT2D eigenvalue weighted by molar-refractivity contribution is -0.155. The average Bonchev–Trinajstić information content (AvgIpc) is 3.27. The number of carbonyl (C=O) groups is 3. The monoisotopic (exact) mass is 482 g/mol. The van der Waals surface area contributed by atoms with Crippen molar-refractivity contribution in [1.29, 1.82) is 0 Å². The number of aryl methyl sites for hydroxylation is 2. The van der Waals surface area contributed by atoms with Gasteiger partial charge in [-0.3, -0.25) is 18.7 Å². The van der Waals surface area contributed by atoms with Gasteiger partial charge in [-0.2, -0.15) is 0 Å². The molecule has 2 aliphatic heterocycles. The maximum absolute atomic E-state index is 13.5. The summed E-state index contributed by atoms with van der Waals surface area (Å²) in [6.07, 6.45) is 1.36. The van der Waals surface area contributed by atoms with Crippen LogP contribution in [0.15, 0.2) is 29.3 Å². The van der Waals surface area contributed by atoms with Crippen molar-refractivity contribution >= 4 is 34.2 Å². The van der Waals surface area contributed by atoms with Crippen molar-refractivity contribution < 1.29 is 37.7 Å². The number of fused-ring (bicyclic) bond motifs is 2. The first kappa shape index (κ1) is 23.0. The maximum atomic E-state index is 13.5. The molecule has 1 aromatic heterocycles. The number of amides is 2. The lowest BCUT2D eigenvalue weighted by Crippen LogP contribution is -2.42. The molecule has 178 valence electrons. The second-order valence-corrected chi connectivity index (χ2v) is 9.83. The second kappa shape index (κ2) is 8.33. The molecule has 1 aromatic carbocycles. The fourth-order valence-electron chi connectivity index (χ4n) is 4.03. The summed E-state index contributed by atoms with van der Waals surface area (Å²) in [6, 6.07) is 3.47. The van der Waals surface area contributed by atoms with Gasteiger partial charge in [0, 0.05) is 37.9 Å². The third-order valence-electron chi connectivity index (χ3n) is 5.71. The van der Waals surface area contributed by atoms with Crippen LogP contribution in [-0.2, 0) is 16.6 Å². The highest BCUT2D eigenvalue weighted by Crippen LogP contribution is 2.53. The number of carboxylic acid groups (broad SMARTS) is 1. The van der Waals surface area contributed by atoms with Crippen molar-refractivity contribution in [3.8, 4) is 5.75 Å². The fraction of sp³-hybridized carbons (Fsp3) is 0.350. The summed E-state index contributed by atoms with van der Waals surface area (Å²) in [5.74, 6) is -4.19. The van der Waals surface area contributed by atoms with Crippen LogP contribution in [-0.4, -0.2) is 67.2 Å². The molecule has 4 rings (SSSR count). The van der Waals surface area contributed by atoms with Gasteiger partial charge in [-0.15, -0.1) is 10.8 Å². The van der Waals surface area contributed by atoms with Gasteiger partial charge in [-0.1, -0.05) is 0 Å².